The maximum atomic E-state index is 12.9. The largest absolute Gasteiger partial charge is 0.204 e. The van der Waals surface area contributed by atoms with Crippen LogP contribution in [0.1, 0.15) is 18.1 Å². The lowest BCUT2D eigenvalue weighted by Gasteiger charge is -2.01. The molecule has 1 rings (SSSR count). The van der Waals surface area contributed by atoms with E-state index in [0.29, 0.717) is 6.42 Å². The molecular weight excluding hydrogens is 160 g/mol. The van der Waals surface area contributed by atoms with Gasteiger partial charge in [0, 0.05) is 5.56 Å². The predicted octanol–water partition coefficient (Wildman–Crippen LogP) is 2.40. The maximum Gasteiger partial charge on any atom is 0.163 e. The van der Waals surface area contributed by atoms with E-state index in [9.17, 15) is 8.78 Å². The molecule has 0 aliphatic carbocycles. The van der Waals surface area contributed by atoms with Crippen LogP contribution in [0.5, 0.6) is 0 Å². The standard InChI is InChI=1S/C9H7F2N/c1-2-7-6(5-12)3-4-8(10)9(7)11/h3-4H,2H2,1H3. The van der Waals surface area contributed by atoms with Gasteiger partial charge in [-0.15, -0.1) is 0 Å². The van der Waals surface area contributed by atoms with E-state index >= 15 is 0 Å². The van der Waals surface area contributed by atoms with Crippen LogP contribution in [0, 0.1) is 23.0 Å². The quantitative estimate of drug-likeness (QED) is 0.630. The second kappa shape index (κ2) is 3.31. The Hall–Kier alpha value is -1.43. The summed E-state index contributed by atoms with van der Waals surface area (Å²) in [5.41, 5.74) is 0.355. The molecule has 0 aromatic heterocycles. The molecule has 0 saturated heterocycles. The first-order valence-corrected chi connectivity index (χ1v) is 3.57. The molecule has 1 nitrogen and oxygen atoms in total. The monoisotopic (exact) mass is 167 g/mol. The summed E-state index contributed by atoms with van der Waals surface area (Å²) in [4.78, 5) is 0. The van der Waals surface area contributed by atoms with Crippen LogP contribution >= 0.6 is 0 Å². The average molecular weight is 167 g/mol. The van der Waals surface area contributed by atoms with Crippen molar-refractivity contribution in [2.24, 2.45) is 0 Å². The van der Waals surface area contributed by atoms with Crippen LogP contribution < -0.4 is 0 Å². The smallest absolute Gasteiger partial charge is 0.163 e. The number of hydrogen-bond acceptors (Lipinski definition) is 1. The van der Waals surface area contributed by atoms with Crippen molar-refractivity contribution in [2.75, 3.05) is 0 Å². The van der Waals surface area contributed by atoms with Crippen LogP contribution in [0.25, 0.3) is 0 Å². The summed E-state index contributed by atoms with van der Waals surface area (Å²) in [7, 11) is 0. The highest BCUT2D eigenvalue weighted by Gasteiger charge is 2.10. The van der Waals surface area contributed by atoms with Gasteiger partial charge >= 0.3 is 0 Å². The van der Waals surface area contributed by atoms with Gasteiger partial charge in [0.25, 0.3) is 0 Å². The molecule has 3 heteroatoms. The number of halogens is 2. The molecule has 0 aliphatic heterocycles. The summed E-state index contributed by atoms with van der Waals surface area (Å²) >= 11 is 0. The Morgan fingerprint density at radius 3 is 2.58 bits per heavy atom. The molecule has 62 valence electrons. The summed E-state index contributed by atoms with van der Waals surface area (Å²) in [6.07, 6.45) is 0.326. The van der Waals surface area contributed by atoms with Crippen LogP contribution in [-0.4, -0.2) is 0 Å². The first kappa shape index (κ1) is 8.66. The van der Waals surface area contributed by atoms with Gasteiger partial charge in [-0.1, -0.05) is 6.92 Å². The van der Waals surface area contributed by atoms with Crippen molar-refractivity contribution in [3.8, 4) is 6.07 Å². The van der Waals surface area contributed by atoms with Gasteiger partial charge in [0.1, 0.15) is 0 Å². The highest BCUT2D eigenvalue weighted by atomic mass is 19.2. The molecule has 0 atom stereocenters. The lowest BCUT2D eigenvalue weighted by molar-refractivity contribution is 0.499. The second-order valence-electron chi connectivity index (χ2n) is 2.35. The highest BCUT2D eigenvalue weighted by Crippen LogP contribution is 2.16. The van der Waals surface area contributed by atoms with Gasteiger partial charge < -0.3 is 0 Å². The minimum atomic E-state index is -0.906. The molecule has 0 radical (unpaired) electrons. The first-order valence-electron chi connectivity index (χ1n) is 3.57. The van der Waals surface area contributed by atoms with E-state index in [1.165, 1.54) is 6.07 Å². The van der Waals surface area contributed by atoms with Crippen LogP contribution in [0.15, 0.2) is 12.1 Å². The van der Waals surface area contributed by atoms with Crippen LogP contribution in [-0.2, 0) is 6.42 Å². The van der Waals surface area contributed by atoms with Crippen LogP contribution in [0.3, 0.4) is 0 Å². The van der Waals surface area contributed by atoms with E-state index < -0.39 is 11.6 Å². The molecule has 0 spiro atoms. The van der Waals surface area contributed by atoms with Crippen molar-refractivity contribution in [3.63, 3.8) is 0 Å². The fraction of sp³-hybridized carbons (Fsp3) is 0.222. The zero-order valence-electron chi connectivity index (χ0n) is 6.56. The zero-order chi connectivity index (χ0) is 9.14. The lowest BCUT2D eigenvalue weighted by Crippen LogP contribution is -1.96. The van der Waals surface area contributed by atoms with Crippen molar-refractivity contribution in [2.45, 2.75) is 13.3 Å². The minimum absolute atomic E-state index is 0.150. The Kier molecular flexibility index (Phi) is 2.39. The first-order chi connectivity index (χ1) is 5.70. The molecule has 0 heterocycles. The molecule has 1 aromatic carbocycles. The summed E-state index contributed by atoms with van der Waals surface area (Å²) < 4.78 is 25.5. The molecule has 0 unspecified atom stereocenters. The number of nitriles is 1. The molecule has 0 N–H and O–H groups in total. The highest BCUT2D eigenvalue weighted by molar-refractivity contribution is 5.38. The maximum absolute atomic E-state index is 12.9. The fourth-order valence-electron chi connectivity index (χ4n) is 1.04. The van der Waals surface area contributed by atoms with Gasteiger partial charge in [0.05, 0.1) is 11.6 Å². The molecule has 0 bridgehead atoms. The summed E-state index contributed by atoms with van der Waals surface area (Å²) in [6, 6.07) is 4.06. The third-order valence-electron chi connectivity index (χ3n) is 1.67. The number of hydrogen-bond donors (Lipinski definition) is 0. The van der Waals surface area contributed by atoms with Crippen molar-refractivity contribution >= 4 is 0 Å². The van der Waals surface area contributed by atoms with E-state index in [1.807, 2.05) is 6.07 Å². The van der Waals surface area contributed by atoms with Crippen LogP contribution in [0.4, 0.5) is 8.78 Å². The molecule has 12 heavy (non-hydrogen) atoms. The van der Waals surface area contributed by atoms with E-state index in [4.69, 9.17) is 5.26 Å². The van der Waals surface area contributed by atoms with Gasteiger partial charge in [-0.3, -0.25) is 0 Å². The van der Waals surface area contributed by atoms with Crippen molar-refractivity contribution in [1.82, 2.24) is 0 Å². The minimum Gasteiger partial charge on any atom is -0.204 e. The van der Waals surface area contributed by atoms with E-state index in [-0.39, 0.29) is 11.1 Å². The van der Waals surface area contributed by atoms with Gasteiger partial charge in [0.2, 0.25) is 0 Å². The summed E-state index contributed by atoms with van der Waals surface area (Å²) in [5, 5.41) is 8.53. The Labute approximate surface area is 69.2 Å². The van der Waals surface area contributed by atoms with Gasteiger partial charge in [-0.05, 0) is 18.6 Å². The Morgan fingerprint density at radius 1 is 1.42 bits per heavy atom. The average Bonchev–Trinajstić information content (AvgIpc) is 2.09. The summed E-state index contributed by atoms with van der Waals surface area (Å²) in [5.74, 6) is -1.80. The van der Waals surface area contributed by atoms with E-state index in [0.717, 1.165) is 6.07 Å². The molecule has 0 saturated carbocycles. The van der Waals surface area contributed by atoms with Gasteiger partial charge in [-0.25, -0.2) is 8.78 Å². The van der Waals surface area contributed by atoms with Crippen molar-refractivity contribution < 1.29 is 8.78 Å². The fourth-order valence-corrected chi connectivity index (χ4v) is 1.04. The second-order valence-corrected chi connectivity index (χ2v) is 2.35. The lowest BCUT2D eigenvalue weighted by atomic mass is 10.1. The topological polar surface area (TPSA) is 23.8 Å². The molecule has 0 amide bonds. The van der Waals surface area contributed by atoms with Crippen molar-refractivity contribution in [1.29, 1.82) is 5.26 Å². The third kappa shape index (κ3) is 1.28. The normalized spacial score (nSPS) is 9.50. The third-order valence-corrected chi connectivity index (χ3v) is 1.67. The predicted molar refractivity (Wildman–Crippen MR) is 40.5 cm³/mol. The molecular formula is C9H7F2N. The number of benzene rings is 1. The SMILES string of the molecule is CCc1c(C#N)ccc(F)c1F. The van der Waals surface area contributed by atoms with E-state index in [1.54, 1.807) is 6.92 Å². The summed E-state index contributed by atoms with van der Waals surface area (Å²) in [6.45, 7) is 1.68. The Bertz CT molecular complexity index is 339. The Morgan fingerprint density at radius 2 is 2.08 bits per heavy atom. The van der Waals surface area contributed by atoms with Crippen LogP contribution in [0.2, 0.25) is 0 Å². The van der Waals surface area contributed by atoms with E-state index in [2.05, 4.69) is 0 Å². The number of nitrogens with zero attached hydrogens (tertiary/aromatic N) is 1. The molecule has 0 aliphatic rings. The van der Waals surface area contributed by atoms with Crippen molar-refractivity contribution in [3.05, 3.63) is 34.9 Å². The number of rotatable bonds is 1. The zero-order valence-corrected chi connectivity index (χ0v) is 6.56. The van der Waals surface area contributed by atoms with Gasteiger partial charge in [-0.2, -0.15) is 5.26 Å². The molecule has 1 aromatic rings. The van der Waals surface area contributed by atoms with Gasteiger partial charge in [0.15, 0.2) is 11.6 Å². The Balaban J connectivity index is 3.38. The molecule has 0 fully saturated rings.